The number of amides is 1. The average Bonchev–Trinajstić information content (AvgIpc) is 3.21. The van der Waals surface area contributed by atoms with E-state index in [0.29, 0.717) is 27.9 Å². The van der Waals surface area contributed by atoms with E-state index in [0.717, 1.165) is 6.92 Å². The van der Waals surface area contributed by atoms with Gasteiger partial charge in [0.15, 0.2) is 5.65 Å². The molecule has 150 valence electrons. The second-order valence-corrected chi connectivity index (χ2v) is 6.94. The number of alkyl halides is 2. The number of hydrogen-bond acceptors (Lipinski definition) is 4. The van der Waals surface area contributed by atoms with Crippen LogP contribution in [-0.2, 0) is 7.05 Å². The number of nitrogens with zero attached hydrogens (tertiary/aromatic N) is 4. The molecule has 1 unspecified atom stereocenters. The molecule has 7 nitrogen and oxygen atoms in total. The van der Waals surface area contributed by atoms with Crippen molar-refractivity contribution in [3.63, 3.8) is 0 Å². The lowest BCUT2D eigenvalue weighted by Gasteiger charge is -2.20. The monoisotopic (exact) mass is 402 g/mol. The molecular formula is C19H17F3N6O. The first kappa shape index (κ1) is 18.9. The van der Waals surface area contributed by atoms with E-state index in [-0.39, 0.29) is 16.9 Å². The maximum absolute atomic E-state index is 13.6. The number of H-pyrrole nitrogens is 1. The summed E-state index contributed by atoms with van der Waals surface area (Å²) in [6, 6.07) is 2.92. The third kappa shape index (κ3) is 3.30. The Labute approximate surface area is 163 Å². The van der Waals surface area contributed by atoms with Gasteiger partial charge in [0.2, 0.25) is 0 Å². The highest BCUT2D eigenvalue weighted by molar-refractivity contribution is 6.05. The maximum Gasteiger partial charge on any atom is 0.264 e. The SMILES string of the molecule is CC(NC(=O)c1c[nH]c2ncc(-c3nn(C)c4cc(F)ccc34)nc12)C(C)(F)F. The molecule has 4 aromatic rings. The number of fused-ring (bicyclic) bond motifs is 2. The number of aryl methyl sites for hydroxylation is 1. The summed E-state index contributed by atoms with van der Waals surface area (Å²) in [5.41, 5.74) is 2.08. The first-order valence-corrected chi connectivity index (χ1v) is 8.80. The van der Waals surface area contributed by atoms with Crippen molar-refractivity contribution in [2.24, 2.45) is 7.05 Å². The standard InChI is InChI=1S/C19H17F3N6O/c1-9(19(2,21)22)25-18(29)12-7-23-17-16(12)26-13(8-24-17)15-11-5-4-10(20)6-14(11)28(3)27-15/h4-9H,1-3H3,(H,23,24)(H,25,29). The van der Waals surface area contributed by atoms with E-state index in [1.54, 1.807) is 13.1 Å². The van der Waals surface area contributed by atoms with Crippen LogP contribution in [0.4, 0.5) is 13.2 Å². The largest absolute Gasteiger partial charge is 0.344 e. The van der Waals surface area contributed by atoms with E-state index < -0.39 is 17.9 Å². The summed E-state index contributed by atoms with van der Waals surface area (Å²) in [5, 5.41) is 7.33. The van der Waals surface area contributed by atoms with E-state index in [1.165, 1.54) is 36.1 Å². The van der Waals surface area contributed by atoms with Gasteiger partial charge in [-0.05, 0) is 25.1 Å². The zero-order chi connectivity index (χ0) is 20.9. The molecule has 1 amide bonds. The molecule has 3 aromatic heterocycles. The van der Waals surface area contributed by atoms with Gasteiger partial charge in [-0.25, -0.2) is 23.1 Å². The molecule has 10 heteroatoms. The second-order valence-electron chi connectivity index (χ2n) is 6.94. The van der Waals surface area contributed by atoms with Gasteiger partial charge in [0.05, 0.1) is 23.3 Å². The van der Waals surface area contributed by atoms with Crippen molar-refractivity contribution in [2.45, 2.75) is 25.8 Å². The third-order valence-corrected chi connectivity index (χ3v) is 4.79. The molecule has 0 spiro atoms. The van der Waals surface area contributed by atoms with Crippen molar-refractivity contribution in [3.8, 4) is 11.4 Å². The molecule has 0 aliphatic carbocycles. The van der Waals surface area contributed by atoms with Crippen molar-refractivity contribution in [2.75, 3.05) is 0 Å². The van der Waals surface area contributed by atoms with Crippen LogP contribution in [0.1, 0.15) is 24.2 Å². The maximum atomic E-state index is 13.6. The van der Waals surface area contributed by atoms with Crippen LogP contribution in [0.3, 0.4) is 0 Å². The minimum atomic E-state index is -3.07. The lowest BCUT2D eigenvalue weighted by molar-refractivity contribution is -0.0108. The number of carbonyl (C=O) groups is 1. The van der Waals surface area contributed by atoms with Crippen LogP contribution in [0.25, 0.3) is 33.5 Å². The van der Waals surface area contributed by atoms with E-state index in [9.17, 15) is 18.0 Å². The van der Waals surface area contributed by atoms with Crippen LogP contribution >= 0.6 is 0 Å². The fourth-order valence-corrected chi connectivity index (χ4v) is 3.00. The van der Waals surface area contributed by atoms with Crippen molar-refractivity contribution in [1.29, 1.82) is 0 Å². The van der Waals surface area contributed by atoms with E-state index in [2.05, 4.69) is 25.4 Å². The van der Waals surface area contributed by atoms with E-state index in [4.69, 9.17) is 0 Å². The molecule has 0 radical (unpaired) electrons. The summed E-state index contributed by atoms with van der Waals surface area (Å²) < 4.78 is 41.9. The quantitative estimate of drug-likeness (QED) is 0.548. The predicted octanol–water partition coefficient (Wildman–Crippen LogP) is 3.42. The van der Waals surface area contributed by atoms with Crippen molar-refractivity contribution < 1.29 is 18.0 Å². The molecule has 0 aliphatic rings. The van der Waals surface area contributed by atoms with Gasteiger partial charge in [0.25, 0.3) is 11.8 Å². The number of hydrogen-bond donors (Lipinski definition) is 2. The lowest BCUT2D eigenvalue weighted by Crippen LogP contribution is -2.43. The lowest BCUT2D eigenvalue weighted by atomic mass is 10.1. The smallest absolute Gasteiger partial charge is 0.264 e. The first-order chi connectivity index (χ1) is 13.6. The second kappa shape index (κ2) is 6.57. The summed E-state index contributed by atoms with van der Waals surface area (Å²) in [7, 11) is 1.68. The summed E-state index contributed by atoms with van der Waals surface area (Å²) >= 11 is 0. The Kier molecular flexibility index (Phi) is 4.29. The van der Waals surface area contributed by atoms with Crippen LogP contribution in [0.2, 0.25) is 0 Å². The van der Waals surface area contributed by atoms with Crippen LogP contribution in [-0.4, -0.2) is 42.6 Å². The van der Waals surface area contributed by atoms with Crippen LogP contribution in [0, 0.1) is 5.82 Å². The number of rotatable bonds is 4. The van der Waals surface area contributed by atoms with Gasteiger partial charge in [-0.2, -0.15) is 5.10 Å². The van der Waals surface area contributed by atoms with Gasteiger partial charge in [0.1, 0.15) is 22.7 Å². The highest BCUT2D eigenvalue weighted by Crippen LogP contribution is 2.28. The summed E-state index contributed by atoms with van der Waals surface area (Å²) in [6.07, 6.45) is 2.85. The molecule has 1 aromatic carbocycles. The fraction of sp³-hybridized carbons (Fsp3) is 0.263. The molecule has 4 rings (SSSR count). The van der Waals surface area contributed by atoms with Crippen molar-refractivity contribution in [3.05, 3.63) is 42.0 Å². The molecule has 1 atom stereocenters. The Hall–Kier alpha value is -3.43. The van der Waals surface area contributed by atoms with Gasteiger partial charge in [-0.1, -0.05) is 0 Å². The third-order valence-electron chi connectivity index (χ3n) is 4.79. The predicted molar refractivity (Wildman–Crippen MR) is 101 cm³/mol. The van der Waals surface area contributed by atoms with Gasteiger partial charge < -0.3 is 10.3 Å². The van der Waals surface area contributed by atoms with Crippen LogP contribution in [0.15, 0.2) is 30.6 Å². The Bertz CT molecular complexity index is 1240. The number of carbonyl (C=O) groups excluding carboxylic acids is 1. The molecule has 0 fully saturated rings. The molecule has 3 heterocycles. The number of nitrogens with one attached hydrogen (secondary N) is 2. The van der Waals surface area contributed by atoms with Crippen molar-refractivity contribution in [1.82, 2.24) is 30.0 Å². The van der Waals surface area contributed by atoms with E-state index >= 15 is 0 Å². The van der Waals surface area contributed by atoms with Crippen LogP contribution < -0.4 is 5.32 Å². The molecular weight excluding hydrogens is 385 g/mol. The van der Waals surface area contributed by atoms with Crippen LogP contribution in [0.5, 0.6) is 0 Å². The average molecular weight is 402 g/mol. The number of halogens is 3. The van der Waals surface area contributed by atoms with Gasteiger partial charge in [0, 0.05) is 25.6 Å². The Morgan fingerprint density at radius 3 is 2.83 bits per heavy atom. The van der Waals surface area contributed by atoms with Gasteiger partial charge in [-0.3, -0.25) is 9.48 Å². The van der Waals surface area contributed by atoms with Gasteiger partial charge in [-0.15, -0.1) is 0 Å². The highest BCUT2D eigenvalue weighted by Gasteiger charge is 2.32. The summed E-state index contributed by atoms with van der Waals surface area (Å²) in [5.74, 6) is -4.15. The molecule has 29 heavy (non-hydrogen) atoms. The zero-order valence-corrected chi connectivity index (χ0v) is 15.8. The number of aromatic amines is 1. The zero-order valence-electron chi connectivity index (χ0n) is 15.8. The minimum absolute atomic E-state index is 0.0942. The topological polar surface area (TPSA) is 88.5 Å². The molecule has 0 aliphatic heterocycles. The summed E-state index contributed by atoms with van der Waals surface area (Å²) in [4.78, 5) is 24.0. The first-order valence-electron chi connectivity index (χ1n) is 8.80. The highest BCUT2D eigenvalue weighted by atomic mass is 19.3. The fourth-order valence-electron chi connectivity index (χ4n) is 3.00. The van der Waals surface area contributed by atoms with Crippen molar-refractivity contribution >= 4 is 28.0 Å². The minimum Gasteiger partial charge on any atom is -0.344 e. The normalized spacial score (nSPS) is 13.2. The Morgan fingerprint density at radius 1 is 1.34 bits per heavy atom. The summed E-state index contributed by atoms with van der Waals surface area (Å²) in [6.45, 7) is 1.96. The van der Waals surface area contributed by atoms with E-state index in [1.807, 2.05) is 0 Å². The Morgan fingerprint density at radius 2 is 2.10 bits per heavy atom. The Balaban J connectivity index is 1.78. The molecule has 0 saturated carbocycles. The number of benzene rings is 1. The molecule has 2 N–H and O–H groups in total. The molecule has 0 saturated heterocycles. The number of aromatic nitrogens is 5. The van der Waals surface area contributed by atoms with Gasteiger partial charge >= 0.3 is 0 Å². The molecule has 0 bridgehead atoms.